The molecular formula is C37H59ClNPPd. The van der Waals surface area contributed by atoms with E-state index in [1.807, 2.05) is 0 Å². The second kappa shape index (κ2) is 9.02. The summed E-state index contributed by atoms with van der Waals surface area (Å²) in [6.07, 6.45) is -0.353. The van der Waals surface area contributed by atoms with E-state index in [9.17, 15) is 9.53 Å². The Labute approximate surface area is 251 Å². The van der Waals surface area contributed by atoms with Crippen molar-refractivity contribution in [2.75, 3.05) is 6.54 Å². The van der Waals surface area contributed by atoms with Crippen LogP contribution < -0.4 is 17.8 Å². The molecule has 0 aliphatic rings. The van der Waals surface area contributed by atoms with Crippen molar-refractivity contribution in [2.24, 2.45) is 5.73 Å². The molecule has 4 heteroatoms. The van der Waals surface area contributed by atoms with Crippen molar-refractivity contribution in [1.82, 2.24) is 0 Å². The van der Waals surface area contributed by atoms with Gasteiger partial charge in [0.25, 0.3) is 0 Å². The molecule has 0 aliphatic heterocycles. The molecule has 41 heavy (non-hydrogen) atoms. The minimum atomic E-state index is -6.65. The fraction of sp³-hybridized carbons (Fsp3) is 0.514. The van der Waals surface area contributed by atoms with Crippen LogP contribution in [-0.4, -0.2) is 16.9 Å². The van der Waals surface area contributed by atoms with Gasteiger partial charge >= 0.3 is 253 Å². The molecule has 2 N–H and O–H groups in total. The van der Waals surface area contributed by atoms with Gasteiger partial charge in [0.2, 0.25) is 0 Å². The first-order chi connectivity index (χ1) is 18.7. The molecule has 0 aromatic heterocycles. The SMILES string of the molecule is C[CH](C)[Pd]([Cl])([c]1ccccc1)([c]1ccccc1)([c]1ccccc1CCN)([CH](C)C)([CH](C)C)[P](C(C)(C)C)C(C)(C)C. The Morgan fingerprint density at radius 1 is 0.610 bits per heavy atom. The van der Waals surface area contributed by atoms with Gasteiger partial charge in [0.15, 0.2) is 0 Å². The molecule has 1 nitrogen and oxygen atoms in total. The van der Waals surface area contributed by atoms with Gasteiger partial charge in [0, 0.05) is 0 Å². The van der Waals surface area contributed by atoms with Gasteiger partial charge in [0.1, 0.15) is 0 Å². The number of hydrogen-bond donors (Lipinski definition) is 1. The molecule has 0 saturated carbocycles. The van der Waals surface area contributed by atoms with Gasteiger partial charge in [-0.3, -0.25) is 0 Å². The zero-order valence-electron chi connectivity index (χ0n) is 27.9. The molecule has 0 aliphatic carbocycles. The third-order valence-corrected chi connectivity index (χ3v) is 74.8. The fourth-order valence-corrected chi connectivity index (χ4v) is 83.0. The predicted octanol–water partition coefficient (Wildman–Crippen LogP) is 10.4. The molecule has 0 radical (unpaired) electrons. The van der Waals surface area contributed by atoms with Crippen LogP contribution >= 0.6 is 15.6 Å². The van der Waals surface area contributed by atoms with Gasteiger partial charge in [-0.15, -0.1) is 0 Å². The quantitative estimate of drug-likeness (QED) is 0.176. The van der Waals surface area contributed by atoms with Crippen LogP contribution in [0.1, 0.15) is 88.6 Å². The van der Waals surface area contributed by atoms with Crippen molar-refractivity contribution in [1.29, 1.82) is 0 Å². The van der Waals surface area contributed by atoms with E-state index in [-0.39, 0.29) is 23.5 Å². The number of halogens is 1. The fourth-order valence-electron chi connectivity index (χ4n) is 9.63. The maximum atomic E-state index is 10.5. The zero-order valence-corrected chi connectivity index (χ0v) is 31.2. The summed E-state index contributed by atoms with van der Waals surface area (Å²) in [5.74, 6) is 0. The summed E-state index contributed by atoms with van der Waals surface area (Å²) in [5.41, 5.74) is 7.77. The van der Waals surface area contributed by atoms with Crippen LogP contribution in [0, 0.1) is 0 Å². The summed E-state index contributed by atoms with van der Waals surface area (Å²) in [4.78, 5) is 0. The second-order valence-electron chi connectivity index (χ2n) is 14.3. The molecule has 3 rings (SSSR count). The van der Waals surface area contributed by atoms with Gasteiger partial charge in [-0.05, 0) is 0 Å². The first-order valence-electron chi connectivity index (χ1n) is 15.1. The molecule has 0 atom stereocenters. The van der Waals surface area contributed by atoms with Crippen molar-refractivity contribution in [3.63, 3.8) is 0 Å². The summed E-state index contributed by atoms with van der Waals surface area (Å²) in [5, 5.41) is -0.303. The Morgan fingerprint density at radius 2 is 0.951 bits per heavy atom. The predicted molar refractivity (Wildman–Crippen MR) is 189 cm³/mol. The molecule has 0 spiro atoms. The van der Waals surface area contributed by atoms with E-state index in [1.54, 1.807) is 0 Å². The van der Waals surface area contributed by atoms with Crippen molar-refractivity contribution < 1.29 is 9.14 Å². The summed E-state index contributed by atoms with van der Waals surface area (Å²) in [6, 6.07) is 32.3. The van der Waals surface area contributed by atoms with Crippen molar-refractivity contribution in [2.45, 2.75) is 113 Å². The van der Waals surface area contributed by atoms with E-state index in [4.69, 9.17) is 5.73 Å². The Bertz CT molecular complexity index is 1370. The molecule has 0 bridgehead atoms. The first kappa shape index (κ1) is 34.5. The van der Waals surface area contributed by atoms with E-state index >= 15 is 0 Å². The van der Waals surface area contributed by atoms with Gasteiger partial charge < -0.3 is 0 Å². The van der Waals surface area contributed by atoms with Crippen LogP contribution in [0.25, 0.3) is 0 Å². The molecule has 0 saturated heterocycles. The van der Waals surface area contributed by atoms with E-state index in [1.165, 1.54) is 17.7 Å². The summed E-state index contributed by atoms with van der Waals surface area (Å²) >= 11 is 0. The number of rotatable bonds is 9. The van der Waals surface area contributed by atoms with E-state index in [0.29, 0.717) is 6.54 Å². The van der Waals surface area contributed by atoms with E-state index in [2.05, 4.69) is 168 Å². The summed E-state index contributed by atoms with van der Waals surface area (Å²) < 4.78 is 4.10. The van der Waals surface area contributed by atoms with Crippen molar-refractivity contribution in [3.05, 3.63) is 90.5 Å². The third kappa shape index (κ3) is 2.76. The molecule has 3 aromatic rings. The number of hydrogen-bond acceptors (Lipinski definition) is 1. The molecule has 0 amide bonds. The standard InChI is InChI=1S/C8H10N.C8H18P.2C6H5.3C3H7.ClH.Pd/c9-7-6-8-4-2-1-3-5-8;1-7(2,3)9-8(4,5)6;2*1-2-4-6-5-3-1;3*1-3-2;;/h1-4H,6-7,9H2;1-6H3;2*1-5H;3*3H,1-2H3;1H;/q;-1;;;;;;;+2/p-1. The van der Waals surface area contributed by atoms with E-state index in [0.717, 1.165) is 6.42 Å². The summed E-state index contributed by atoms with van der Waals surface area (Å²) in [7, 11) is 3.81. The Hall–Kier alpha value is -0.998. The van der Waals surface area contributed by atoms with Crippen LogP contribution in [0.4, 0.5) is 0 Å². The summed E-state index contributed by atoms with van der Waals surface area (Å²) in [6.45, 7) is 30.4. The molecule has 234 valence electrons. The van der Waals surface area contributed by atoms with Crippen molar-refractivity contribution >= 4 is 27.7 Å². The Balaban J connectivity index is 3.42. The van der Waals surface area contributed by atoms with Gasteiger partial charge in [-0.1, -0.05) is 0 Å². The Morgan fingerprint density at radius 3 is 1.27 bits per heavy atom. The molecule has 0 heterocycles. The molecular weight excluding hydrogens is 631 g/mol. The monoisotopic (exact) mass is 689 g/mol. The first-order valence-corrected chi connectivity index (χ1v) is 25.4. The number of benzene rings is 3. The van der Waals surface area contributed by atoms with Gasteiger partial charge in [-0.25, -0.2) is 0 Å². The topological polar surface area (TPSA) is 26.0 Å². The average molecular weight is 691 g/mol. The molecule has 3 aromatic carbocycles. The van der Waals surface area contributed by atoms with Gasteiger partial charge in [0.05, 0.1) is 0 Å². The van der Waals surface area contributed by atoms with Crippen LogP contribution in [0.5, 0.6) is 0 Å². The zero-order chi connectivity index (χ0) is 31.3. The molecule has 0 fully saturated rings. The average Bonchev–Trinajstić information content (AvgIpc) is 2.89. The van der Waals surface area contributed by atoms with Crippen LogP contribution in [0.15, 0.2) is 84.9 Å². The van der Waals surface area contributed by atoms with E-state index < -0.39 is 15.2 Å². The Kier molecular flexibility index (Phi) is 7.59. The normalized spacial score (nSPS) is 17.3. The minimum absolute atomic E-state index is 0.0344. The van der Waals surface area contributed by atoms with Crippen LogP contribution in [0.2, 0.25) is 13.2 Å². The van der Waals surface area contributed by atoms with Crippen molar-refractivity contribution in [3.8, 4) is 0 Å². The third-order valence-electron chi connectivity index (χ3n) is 10.1. The van der Waals surface area contributed by atoms with Gasteiger partial charge in [-0.2, -0.15) is 0 Å². The van der Waals surface area contributed by atoms with Crippen LogP contribution in [-0.2, 0) is 15.6 Å². The number of nitrogens with two attached hydrogens (primary N) is 1. The second-order valence-corrected chi connectivity index (χ2v) is 51.3. The maximum absolute atomic E-state index is 10.5. The molecule has 0 unspecified atom stereocenters. The van der Waals surface area contributed by atoms with Crippen LogP contribution in [0.3, 0.4) is 0 Å².